The molecule has 32 nitrogen and oxygen atoms in total. The molecular formula is CdGaInN8O24. The van der Waals surface area contributed by atoms with Gasteiger partial charge in [0.2, 0.25) is 0 Å². The number of nitrogens with zero attached hydrogens (tertiary/aromatic N) is 8. The molecule has 0 aliphatic carbocycles. The quantitative estimate of drug-likeness (QED) is 0.137. The Morgan fingerprint density at radius 2 is 0.257 bits per heavy atom. The molecule has 0 fully saturated rings. The van der Waals surface area contributed by atoms with Crippen molar-refractivity contribution >= 4 is 45.6 Å². The molecule has 0 amide bonds. The van der Waals surface area contributed by atoms with Gasteiger partial charge in [0.1, 0.15) is 0 Å². The summed E-state index contributed by atoms with van der Waals surface area (Å²) in [5.41, 5.74) is 0. The van der Waals surface area contributed by atoms with E-state index in [4.69, 9.17) is 123 Å². The molecule has 35 heavy (non-hydrogen) atoms. The number of hydrogen-bond donors (Lipinski definition) is 0. The molecule has 0 unspecified atom stereocenters. The van der Waals surface area contributed by atoms with E-state index in [1.54, 1.807) is 0 Å². The molecule has 0 N–H and O–H groups in total. The molecule has 0 radical (unpaired) electrons. The van der Waals surface area contributed by atoms with Crippen LogP contribution >= 0.6 is 0 Å². The van der Waals surface area contributed by atoms with Crippen molar-refractivity contribution < 1.29 is 68.0 Å². The molecule has 0 aromatic carbocycles. The van der Waals surface area contributed by atoms with E-state index in [1.807, 2.05) is 0 Å². The summed E-state index contributed by atoms with van der Waals surface area (Å²) in [6, 6.07) is 0. The van der Waals surface area contributed by atoms with Gasteiger partial charge in [-0.3, -0.25) is 0 Å². The van der Waals surface area contributed by atoms with Gasteiger partial charge in [-0.1, -0.05) is 0 Å². The van der Waals surface area contributed by atoms with Gasteiger partial charge in [-0.15, -0.1) is 0 Å². The van der Waals surface area contributed by atoms with Crippen molar-refractivity contribution in [1.29, 1.82) is 0 Å². The second kappa shape index (κ2) is 63.1. The third kappa shape index (κ3) is 1500. The third-order valence-electron chi connectivity index (χ3n) is 0. The largest absolute Gasteiger partial charge is 3.00 e. The zero-order valence-electron chi connectivity index (χ0n) is 15.2. The van der Waals surface area contributed by atoms with Gasteiger partial charge in [0.15, 0.2) is 0 Å². The van der Waals surface area contributed by atoms with E-state index >= 15 is 0 Å². The van der Waals surface area contributed by atoms with Crippen LogP contribution in [0.2, 0.25) is 0 Å². The SMILES string of the molecule is O=[N+]([O-])[O-].O=[N+]([O-])[O-].O=[N+]([O-])[O-].O=[N+]([O-])[O-].O=[N+]([O-])[O-].O=[N+]([O-])[O-].O=[N+]([O-])[O-].O=[N+]([O-])[O-].[Cd+2].[Ga+3].[In+3]. The second-order valence-electron chi connectivity index (χ2n) is 1.79. The van der Waals surface area contributed by atoms with E-state index in [1.165, 1.54) is 0 Å². The molecule has 0 heterocycles. The molecule has 0 aliphatic heterocycles. The minimum absolute atomic E-state index is 0. The molecular weight excluding hydrogens is 793 g/mol. The van der Waals surface area contributed by atoms with Crippen LogP contribution in [0.15, 0.2) is 0 Å². The predicted octanol–water partition coefficient (Wildman–Crippen LogP) is -2.68. The molecule has 0 aromatic rings. The van der Waals surface area contributed by atoms with Crippen molar-refractivity contribution in [3.05, 3.63) is 123 Å². The van der Waals surface area contributed by atoms with Crippen LogP contribution in [0.5, 0.6) is 0 Å². The first-order valence-electron chi connectivity index (χ1n) is 4.38. The maximum absolute atomic E-state index is 8.25. The Morgan fingerprint density at radius 1 is 0.257 bits per heavy atom. The van der Waals surface area contributed by atoms with Crippen LogP contribution in [0.3, 0.4) is 0 Å². The normalized spacial score (nSPS) is 5.49. The van der Waals surface area contributed by atoms with E-state index in [9.17, 15) is 0 Å². The maximum Gasteiger partial charge on any atom is 3.00 e. The van der Waals surface area contributed by atoms with Gasteiger partial charge in [0.05, 0.1) is 40.7 Å². The van der Waals surface area contributed by atoms with Gasteiger partial charge in [-0.25, -0.2) is 0 Å². The van der Waals surface area contributed by atoms with Gasteiger partial charge < -0.3 is 123 Å². The van der Waals surface area contributed by atoms with Crippen LogP contribution in [0, 0.1) is 123 Å². The predicted molar refractivity (Wildman–Crippen MR) is 94.4 cm³/mol. The van der Waals surface area contributed by atoms with E-state index in [-0.39, 0.29) is 72.9 Å². The van der Waals surface area contributed by atoms with Crippen LogP contribution in [-0.2, 0) is 27.3 Å². The van der Waals surface area contributed by atoms with E-state index < -0.39 is 40.7 Å². The Bertz CT molecular complexity index is 374. The molecule has 0 bridgehead atoms. The van der Waals surface area contributed by atoms with Crippen LogP contribution in [0.25, 0.3) is 0 Å². The number of hydrogen-bond acceptors (Lipinski definition) is 24. The summed E-state index contributed by atoms with van der Waals surface area (Å²) in [5.74, 6) is 0. The first kappa shape index (κ1) is 69.7. The van der Waals surface area contributed by atoms with Crippen molar-refractivity contribution in [2.45, 2.75) is 0 Å². The fourth-order valence-corrected chi connectivity index (χ4v) is 0. The van der Waals surface area contributed by atoms with Gasteiger partial charge in [0, 0.05) is 0 Å². The molecule has 0 atom stereocenters. The minimum Gasteiger partial charge on any atom is -0.356 e. The zero-order valence-corrected chi connectivity index (χ0v) is 25.0. The first-order chi connectivity index (χ1) is 13.9. The molecule has 192 valence electrons. The summed E-state index contributed by atoms with van der Waals surface area (Å²) in [6.07, 6.45) is 0. The van der Waals surface area contributed by atoms with E-state index in [2.05, 4.69) is 0 Å². The van der Waals surface area contributed by atoms with Crippen molar-refractivity contribution in [3.8, 4) is 0 Å². The molecule has 0 aromatic heterocycles. The topological polar surface area (TPSA) is 530 Å². The monoisotopic (exact) mass is 794 g/mol. The summed E-state index contributed by atoms with van der Waals surface area (Å²) >= 11 is 0. The minimum atomic E-state index is -1.75. The summed E-state index contributed by atoms with van der Waals surface area (Å²) in [7, 11) is 0. The van der Waals surface area contributed by atoms with Gasteiger partial charge >= 0.3 is 72.9 Å². The van der Waals surface area contributed by atoms with Crippen molar-refractivity contribution in [3.63, 3.8) is 0 Å². The van der Waals surface area contributed by atoms with Gasteiger partial charge in [-0.2, -0.15) is 0 Å². The van der Waals surface area contributed by atoms with Gasteiger partial charge in [-0.05, 0) is 0 Å². The molecule has 0 rings (SSSR count). The summed E-state index contributed by atoms with van der Waals surface area (Å²) < 4.78 is 0. The first-order valence-corrected chi connectivity index (χ1v) is 4.38. The fraction of sp³-hybridized carbons (Fsp3) is 0. The Morgan fingerprint density at radius 3 is 0.257 bits per heavy atom. The molecule has 0 saturated carbocycles. The summed E-state index contributed by atoms with van der Waals surface area (Å²) in [5, 5.41) is 118. The fourth-order valence-electron chi connectivity index (χ4n) is 0. The van der Waals surface area contributed by atoms with Crippen molar-refractivity contribution in [1.82, 2.24) is 0 Å². The zero-order chi connectivity index (χ0) is 28.6. The van der Waals surface area contributed by atoms with Crippen LogP contribution < -0.4 is 0 Å². The maximum atomic E-state index is 8.25. The van der Waals surface area contributed by atoms with Crippen LogP contribution in [-0.4, -0.2) is 86.3 Å². The number of rotatable bonds is 0. The summed E-state index contributed by atoms with van der Waals surface area (Å²) in [4.78, 5) is 66.0. The average molecular weight is 793 g/mol. The average Bonchev–Trinajstić information content (AvgIpc) is 2.30. The van der Waals surface area contributed by atoms with Crippen molar-refractivity contribution in [2.24, 2.45) is 0 Å². The Labute approximate surface area is 235 Å². The van der Waals surface area contributed by atoms with Gasteiger partial charge in [0.25, 0.3) is 0 Å². The second-order valence-corrected chi connectivity index (χ2v) is 1.79. The molecule has 0 saturated heterocycles. The molecule has 0 spiro atoms. The molecule has 35 heteroatoms. The van der Waals surface area contributed by atoms with Crippen LogP contribution in [0.4, 0.5) is 0 Å². The standard InChI is InChI=1S/Cd.Ga.In.8NO3/c;;;8*2-1(3)4/q+2;2*+3;8*-1. The Hall–Kier alpha value is -3.97. The third-order valence-corrected chi connectivity index (χ3v) is 0. The summed E-state index contributed by atoms with van der Waals surface area (Å²) in [6.45, 7) is 0. The van der Waals surface area contributed by atoms with E-state index in [0.29, 0.717) is 0 Å². The van der Waals surface area contributed by atoms with E-state index in [0.717, 1.165) is 0 Å². The van der Waals surface area contributed by atoms with Crippen LogP contribution in [0.1, 0.15) is 0 Å². The Kier molecular flexibility index (Phi) is 126. The molecule has 0 aliphatic rings. The Balaban J connectivity index is -0.0000000206. The van der Waals surface area contributed by atoms with Crippen molar-refractivity contribution in [2.75, 3.05) is 0 Å². The smallest absolute Gasteiger partial charge is 0.356 e.